The third-order valence-corrected chi connectivity index (χ3v) is 4.10. The minimum absolute atomic E-state index is 0.113. The number of fused-ring (bicyclic) bond motifs is 1. The molecule has 3 aromatic heterocycles. The molecule has 0 aliphatic rings. The zero-order chi connectivity index (χ0) is 18.1. The maximum Gasteiger partial charge on any atom is 0.255 e. The summed E-state index contributed by atoms with van der Waals surface area (Å²) in [6.07, 6.45) is 1.70. The number of carbonyl (C=O) groups is 1. The molecule has 0 spiro atoms. The highest BCUT2D eigenvalue weighted by atomic mass is 16.3. The van der Waals surface area contributed by atoms with Gasteiger partial charge in [-0.25, -0.2) is 9.97 Å². The molecule has 0 fully saturated rings. The number of pyridine rings is 1. The molecule has 0 bridgehead atoms. The smallest absolute Gasteiger partial charge is 0.255 e. The lowest BCUT2D eigenvalue weighted by molar-refractivity contribution is 0.0707. The first-order valence-electron chi connectivity index (χ1n) is 8.12. The molecule has 1 amide bonds. The Labute approximate surface area is 145 Å². The van der Waals surface area contributed by atoms with Crippen molar-refractivity contribution in [3.8, 4) is 0 Å². The van der Waals surface area contributed by atoms with Crippen molar-refractivity contribution in [2.75, 3.05) is 13.2 Å². The number of carbonyl (C=O) groups excluding carboxylic acids is 1. The van der Waals surface area contributed by atoms with E-state index in [-0.39, 0.29) is 19.1 Å². The maximum absolute atomic E-state index is 13.2. The normalized spacial score (nSPS) is 11.2. The summed E-state index contributed by atoms with van der Waals surface area (Å²) in [5.74, 6) is 0.629. The Morgan fingerprint density at radius 1 is 1.36 bits per heavy atom. The number of hydrogen-bond donors (Lipinski definition) is 2. The van der Waals surface area contributed by atoms with Gasteiger partial charge in [-0.1, -0.05) is 0 Å². The average molecular weight is 342 g/mol. The Bertz CT molecular complexity index is 927. The Balaban J connectivity index is 2.03. The van der Waals surface area contributed by atoms with Crippen LogP contribution in [0.4, 0.5) is 0 Å². The van der Waals surface area contributed by atoms with Gasteiger partial charge in [-0.15, -0.1) is 0 Å². The van der Waals surface area contributed by atoms with Crippen LogP contribution in [0.1, 0.15) is 33.3 Å². The molecule has 0 radical (unpaired) electrons. The van der Waals surface area contributed by atoms with Gasteiger partial charge < -0.3 is 15.0 Å². The van der Waals surface area contributed by atoms with Crippen molar-refractivity contribution in [3.05, 3.63) is 40.7 Å². The van der Waals surface area contributed by atoms with E-state index in [4.69, 9.17) is 0 Å². The van der Waals surface area contributed by atoms with Crippen LogP contribution in [-0.2, 0) is 13.6 Å². The monoisotopic (exact) mass is 342 g/mol. The number of H-pyrrole nitrogens is 1. The maximum atomic E-state index is 13.2. The summed E-state index contributed by atoms with van der Waals surface area (Å²) in [7, 11) is 1.81. The highest BCUT2D eigenvalue weighted by Gasteiger charge is 2.22. The lowest BCUT2D eigenvalue weighted by Gasteiger charge is -2.21. The first-order valence-corrected chi connectivity index (χ1v) is 8.12. The standard InChI is InChI=1S/C17H22N6O2/c1-10-7-14(15-11(2)21-22(4)16(15)19-10)17(25)23(5-6-24)9-13-8-18-12(3)20-13/h7-8,24H,5-6,9H2,1-4H3,(H,18,20). The molecule has 3 heterocycles. The second kappa shape index (κ2) is 6.64. The minimum Gasteiger partial charge on any atom is -0.395 e. The Hall–Kier alpha value is -2.74. The van der Waals surface area contributed by atoms with Crippen LogP contribution < -0.4 is 0 Å². The summed E-state index contributed by atoms with van der Waals surface area (Å²) >= 11 is 0. The zero-order valence-electron chi connectivity index (χ0n) is 14.9. The van der Waals surface area contributed by atoms with E-state index in [0.29, 0.717) is 17.8 Å². The zero-order valence-corrected chi connectivity index (χ0v) is 14.9. The molecule has 8 heteroatoms. The van der Waals surface area contributed by atoms with Crippen LogP contribution in [0.5, 0.6) is 0 Å². The summed E-state index contributed by atoms with van der Waals surface area (Å²) < 4.78 is 1.68. The molecule has 0 aliphatic carbocycles. The van der Waals surface area contributed by atoms with Crippen molar-refractivity contribution in [2.24, 2.45) is 7.05 Å². The number of nitrogens with zero attached hydrogens (tertiary/aromatic N) is 5. The fourth-order valence-electron chi connectivity index (χ4n) is 3.04. The van der Waals surface area contributed by atoms with Crippen LogP contribution in [0.25, 0.3) is 11.0 Å². The molecular weight excluding hydrogens is 320 g/mol. The van der Waals surface area contributed by atoms with Gasteiger partial charge in [-0.05, 0) is 26.8 Å². The predicted octanol–water partition coefficient (Wildman–Crippen LogP) is 1.25. The van der Waals surface area contributed by atoms with Crippen LogP contribution >= 0.6 is 0 Å². The molecule has 25 heavy (non-hydrogen) atoms. The third kappa shape index (κ3) is 3.25. The molecule has 3 rings (SSSR count). The van der Waals surface area contributed by atoms with E-state index in [0.717, 1.165) is 28.3 Å². The number of aromatic nitrogens is 5. The van der Waals surface area contributed by atoms with Crippen LogP contribution in [0.2, 0.25) is 0 Å². The minimum atomic E-state index is -0.159. The Morgan fingerprint density at radius 3 is 2.76 bits per heavy atom. The SMILES string of the molecule is Cc1cc(C(=O)N(CCO)Cc2cnc(C)[nH]2)c2c(C)nn(C)c2n1. The van der Waals surface area contributed by atoms with Gasteiger partial charge in [0.25, 0.3) is 5.91 Å². The number of nitrogens with one attached hydrogen (secondary N) is 1. The van der Waals surface area contributed by atoms with E-state index in [1.54, 1.807) is 21.8 Å². The number of aliphatic hydroxyl groups excluding tert-OH is 1. The van der Waals surface area contributed by atoms with Gasteiger partial charge in [0.15, 0.2) is 5.65 Å². The molecule has 3 aromatic rings. The van der Waals surface area contributed by atoms with E-state index in [2.05, 4.69) is 20.1 Å². The molecule has 0 aromatic carbocycles. The van der Waals surface area contributed by atoms with E-state index in [1.165, 1.54) is 0 Å². The fourth-order valence-corrected chi connectivity index (χ4v) is 3.04. The van der Waals surface area contributed by atoms with Crippen molar-refractivity contribution in [1.82, 2.24) is 29.6 Å². The lowest BCUT2D eigenvalue weighted by atomic mass is 10.1. The van der Waals surface area contributed by atoms with E-state index in [1.807, 2.05) is 27.8 Å². The number of hydrogen-bond acceptors (Lipinski definition) is 5. The Morgan fingerprint density at radius 2 is 2.12 bits per heavy atom. The number of amides is 1. The second-order valence-electron chi connectivity index (χ2n) is 6.16. The topological polar surface area (TPSA) is 99.9 Å². The van der Waals surface area contributed by atoms with E-state index < -0.39 is 0 Å². The summed E-state index contributed by atoms with van der Waals surface area (Å²) in [6, 6.07) is 1.78. The van der Waals surface area contributed by atoms with Gasteiger partial charge in [0, 0.05) is 19.3 Å². The van der Waals surface area contributed by atoms with Crippen molar-refractivity contribution in [3.63, 3.8) is 0 Å². The first kappa shape index (κ1) is 17.1. The fraction of sp³-hybridized carbons (Fsp3) is 0.412. The van der Waals surface area contributed by atoms with Crippen molar-refractivity contribution >= 4 is 16.9 Å². The molecule has 0 aliphatic heterocycles. The predicted molar refractivity (Wildman–Crippen MR) is 93.1 cm³/mol. The van der Waals surface area contributed by atoms with Gasteiger partial charge in [0.1, 0.15) is 5.82 Å². The van der Waals surface area contributed by atoms with Gasteiger partial charge >= 0.3 is 0 Å². The molecule has 0 atom stereocenters. The molecular formula is C17H22N6O2. The molecule has 132 valence electrons. The van der Waals surface area contributed by atoms with E-state index >= 15 is 0 Å². The van der Waals surface area contributed by atoms with Gasteiger partial charge in [0.05, 0.1) is 41.7 Å². The van der Waals surface area contributed by atoms with Gasteiger partial charge in [-0.3, -0.25) is 9.48 Å². The summed E-state index contributed by atoms with van der Waals surface area (Å²) in [4.78, 5) is 26.6. The lowest BCUT2D eigenvalue weighted by Crippen LogP contribution is -2.33. The third-order valence-electron chi connectivity index (χ3n) is 4.10. The van der Waals surface area contributed by atoms with Crippen LogP contribution in [0.15, 0.2) is 12.3 Å². The number of rotatable bonds is 5. The molecule has 0 saturated carbocycles. The Kier molecular flexibility index (Phi) is 4.54. The molecule has 0 unspecified atom stereocenters. The van der Waals surface area contributed by atoms with Crippen LogP contribution in [-0.4, -0.2) is 53.8 Å². The second-order valence-corrected chi connectivity index (χ2v) is 6.16. The average Bonchev–Trinajstić information content (AvgIpc) is 3.09. The van der Waals surface area contributed by atoms with E-state index in [9.17, 15) is 9.90 Å². The molecule has 8 nitrogen and oxygen atoms in total. The number of aromatic amines is 1. The van der Waals surface area contributed by atoms with Crippen molar-refractivity contribution < 1.29 is 9.90 Å². The highest BCUT2D eigenvalue weighted by molar-refractivity contribution is 6.06. The number of aliphatic hydroxyl groups is 1. The van der Waals surface area contributed by atoms with Crippen molar-refractivity contribution in [2.45, 2.75) is 27.3 Å². The number of imidazole rings is 1. The van der Waals surface area contributed by atoms with Crippen molar-refractivity contribution in [1.29, 1.82) is 0 Å². The van der Waals surface area contributed by atoms with Gasteiger partial charge in [-0.2, -0.15) is 5.10 Å². The van der Waals surface area contributed by atoms with Gasteiger partial charge in [0.2, 0.25) is 0 Å². The molecule has 0 saturated heterocycles. The summed E-state index contributed by atoms with van der Waals surface area (Å²) in [5, 5.41) is 14.5. The van der Waals surface area contributed by atoms with Crippen LogP contribution in [0, 0.1) is 20.8 Å². The highest BCUT2D eigenvalue weighted by Crippen LogP contribution is 2.23. The number of aryl methyl sites for hydroxylation is 4. The summed E-state index contributed by atoms with van der Waals surface area (Å²) in [6.45, 7) is 6.05. The summed E-state index contributed by atoms with van der Waals surface area (Å²) in [5.41, 5.74) is 3.57. The van der Waals surface area contributed by atoms with Crippen LogP contribution in [0.3, 0.4) is 0 Å². The quantitative estimate of drug-likeness (QED) is 0.727. The molecule has 2 N–H and O–H groups in total. The largest absolute Gasteiger partial charge is 0.395 e. The first-order chi connectivity index (χ1) is 11.9.